The van der Waals surface area contributed by atoms with Gasteiger partial charge in [0.2, 0.25) is 0 Å². The molecule has 1 heterocycles. The Morgan fingerprint density at radius 2 is 1.76 bits per heavy atom. The summed E-state index contributed by atoms with van der Waals surface area (Å²) in [6, 6.07) is 19.1. The number of benzene rings is 3. The van der Waals surface area contributed by atoms with Gasteiger partial charge in [0.05, 0.1) is 17.7 Å². The average molecular weight is 500 g/mol. The van der Waals surface area contributed by atoms with E-state index in [9.17, 15) is 8.42 Å². The standard InChI is InChI=1S/C26H30ClN3O3S/c1-18(19-13-20(27)15-23(14-19)33-2)24-16-22(30-11-9-28-10-12-30)17-25(26(24)34(3,31)32)29-21-7-5-4-6-8-21/h4-8,13-18,28-29H,9-12H2,1-3H3. The van der Waals surface area contributed by atoms with Crippen molar-refractivity contribution in [2.45, 2.75) is 17.7 Å². The van der Waals surface area contributed by atoms with Crippen molar-refractivity contribution in [2.24, 2.45) is 0 Å². The van der Waals surface area contributed by atoms with E-state index in [1.807, 2.05) is 61.5 Å². The van der Waals surface area contributed by atoms with Crippen molar-refractivity contribution in [3.05, 3.63) is 76.8 Å². The summed E-state index contributed by atoms with van der Waals surface area (Å²) in [6.45, 7) is 5.46. The number of halogens is 1. The lowest BCUT2D eigenvalue weighted by Crippen LogP contribution is -2.43. The average Bonchev–Trinajstić information content (AvgIpc) is 2.83. The van der Waals surface area contributed by atoms with Gasteiger partial charge in [-0.15, -0.1) is 0 Å². The minimum absolute atomic E-state index is 0.239. The first-order chi connectivity index (χ1) is 16.3. The van der Waals surface area contributed by atoms with Crippen LogP contribution >= 0.6 is 11.6 Å². The third-order valence-corrected chi connectivity index (χ3v) is 7.52. The third-order valence-electron chi connectivity index (χ3n) is 6.10. The Morgan fingerprint density at radius 1 is 1.06 bits per heavy atom. The summed E-state index contributed by atoms with van der Waals surface area (Å²) in [5.74, 6) is 0.396. The zero-order valence-electron chi connectivity index (χ0n) is 19.6. The molecule has 1 aliphatic rings. The maximum Gasteiger partial charge on any atom is 0.177 e. The van der Waals surface area contributed by atoms with Crippen molar-refractivity contribution in [1.29, 1.82) is 0 Å². The predicted octanol–water partition coefficient (Wildman–Crippen LogP) is 5.06. The molecule has 3 aromatic carbocycles. The molecule has 1 fully saturated rings. The fourth-order valence-corrected chi connectivity index (χ4v) is 5.78. The molecular formula is C26H30ClN3O3S. The molecule has 1 atom stereocenters. The summed E-state index contributed by atoms with van der Waals surface area (Å²) in [5.41, 5.74) is 4.00. The number of ether oxygens (including phenoxy) is 1. The van der Waals surface area contributed by atoms with Gasteiger partial charge in [-0.2, -0.15) is 0 Å². The molecule has 0 bridgehead atoms. The topological polar surface area (TPSA) is 70.7 Å². The number of methoxy groups -OCH3 is 1. The number of rotatable bonds is 7. The zero-order valence-corrected chi connectivity index (χ0v) is 21.2. The molecular weight excluding hydrogens is 470 g/mol. The van der Waals surface area contributed by atoms with Gasteiger partial charge in [-0.05, 0) is 53.6 Å². The molecule has 3 aromatic rings. The highest BCUT2D eigenvalue weighted by molar-refractivity contribution is 7.91. The molecule has 4 rings (SSSR count). The van der Waals surface area contributed by atoms with Crippen molar-refractivity contribution >= 4 is 38.5 Å². The van der Waals surface area contributed by atoms with Crippen molar-refractivity contribution in [3.63, 3.8) is 0 Å². The predicted molar refractivity (Wildman–Crippen MR) is 140 cm³/mol. The molecule has 0 radical (unpaired) electrons. The van der Waals surface area contributed by atoms with Crippen LogP contribution in [0.3, 0.4) is 0 Å². The highest BCUT2D eigenvalue weighted by atomic mass is 35.5. The quantitative estimate of drug-likeness (QED) is 0.473. The number of nitrogens with one attached hydrogen (secondary N) is 2. The van der Waals surface area contributed by atoms with Gasteiger partial charge in [0.25, 0.3) is 0 Å². The van der Waals surface area contributed by atoms with E-state index in [0.717, 1.165) is 48.7 Å². The van der Waals surface area contributed by atoms with Crippen molar-refractivity contribution in [1.82, 2.24) is 5.32 Å². The Morgan fingerprint density at radius 3 is 2.41 bits per heavy atom. The van der Waals surface area contributed by atoms with Crippen LogP contribution in [0.5, 0.6) is 5.75 Å². The second-order valence-corrected chi connectivity index (χ2v) is 10.9. The van der Waals surface area contributed by atoms with Gasteiger partial charge in [-0.25, -0.2) is 8.42 Å². The molecule has 0 aromatic heterocycles. The summed E-state index contributed by atoms with van der Waals surface area (Å²) in [4.78, 5) is 2.58. The van der Waals surface area contributed by atoms with Gasteiger partial charge in [0.1, 0.15) is 5.75 Å². The van der Waals surface area contributed by atoms with E-state index in [-0.39, 0.29) is 5.92 Å². The zero-order chi connectivity index (χ0) is 24.3. The minimum atomic E-state index is -3.57. The Hall–Kier alpha value is -2.74. The highest BCUT2D eigenvalue weighted by Crippen LogP contribution is 2.40. The molecule has 8 heteroatoms. The second-order valence-electron chi connectivity index (χ2n) is 8.56. The minimum Gasteiger partial charge on any atom is -0.497 e. The van der Waals surface area contributed by atoms with Crippen LogP contribution in [0.2, 0.25) is 5.02 Å². The van der Waals surface area contributed by atoms with Gasteiger partial charge >= 0.3 is 0 Å². The lowest BCUT2D eigenvalue weighted by Gasteiger charge is -2.31. The van der Waals surface area contributed by atoms with Crippen LogP contribution < -0.4 is 20.3 Å². The normalized spacial score (nSPS) is 15.1. The molecule has 1 unspecified atom stereocenters. The van der Waals surface area contributed by atoms with Crippen LogP contribution in [0.1, 0.15) is 24.0 Å². The van der Waals surface area contributed by atoms with Crippen LogP contribution in [-0.2, 0) is 9.84 Å². The summed E-state index contributed by atoms with van der Waals surface area (Å²) >= 11 is 6.36. The summed E-state index contributed by atoms with van der Waals surface area (Å²) in [6.07, 6.45) is 1.26. The van der Waals surface area contributed by atoms with Crippen LogP contribution in [0.15, 0.2) is 65.6 Å². The van der Waals surface area contributed by atoms with Gasteiger partial charge in [-0.3, -0.25) is 0 Å². The number of sulfone groups is 1. The van der Waals surface area contributed by atoms with Crippen LogP contribution in [0, 0.1) is 0 Å². The fourth-order valence-electron chi connectivity index (χ4n) is 4.38. The molecule has 0 saturated carbocycles. The Bertz CT molecular complexity index is 1260. The first kappa shape index (κ1) is 24.4. The first-order valence-electron chi connectivity index (χ1n) is 11.3. The summed E-state index contributed by atoms with van der Waals surface area (Å²) in [7, 11) is -1.98. The van der Waals surface area contributed by atoms with E-state index in [4.69, 9.17) is 16.3 Å². The number of anilines is 3. The number of hydrogen-bond donors (Lipinski definition) is 2. The summed E-state index contributed by atoms with van der Waals surface area (Å²) in [5, 5.41) is 7.29. The molecule has 1 aliphatic heterocycles. The lowest BCUT2D eigenvalue weighted by atomic mass is 9.91. The van der Waals surface area contributed by atoms with Gasteiger partial charge in [-0.1, -0.05) is 36.7 Å². The molecule has 0 spiro atoms. The highest BCUT2D eigenvalue weighted by Gasteiger charge is 2.26. The SMILES string of the molecule is COc1cc(Cl)cc(C(C)c2cc(N3CCNCC3)cc(Nc3ccccc3)c2S(C)(=O)=O)c1. The van der Waals surface area contributed by atoms with Crippen molar-refractivity contribution < 1.29 is 13.2 Å². The largest absolute Gasteiger partial charge is 0.497 e. The molecule has 1 saturated heterocycles. The van der Waals surface area contributed by atoms with Gasteiger partial charge in [0, 0.05) is 54.8 Å². The molecule has 0 amide bonds. The van der Waals surface area contributed by atoms with Crippen LogP contribution in [-0.4, -0.2) is 48.0 Å². The van der Waals surface area contributed by atoms with E-state index in [1.54, 1.807) is 13.2 Å². The number of hydrogen-bond acceptors (Lipinski definition) is 6. The monoisotopic (exact) mass is 499 g/mol. The Kier molecular flexibility index (Phi) is 7.36. The Balaban J connectivity index is 1.92. The van der Waals surface area contributed by atoms with E-state index in [2.05, 4.69) is 15.5 Å². The third kappa shape index (κ3) is 5.49. The lowest BCUT2D eigenvalue weighted by molar-refractivity contribution is 0.414. The van der Waals surface area contributed by atoms with E-state index in [1.165, 1.54) is 6.26 Å². The summed E-state index contributed by atoms with van der Waals surface area (Å²) < 4.78 is 31.7. The van der Waals surface area contributed by atoms with E-state index >= 15 is 0 Å². The van der Waals surface area contributed by atoms with Crippen molar-refractivity contribution in [2.75, 3.05) is 49.8 Å². The number of para-hydroxylation sites is 1. The molecule has 6 nitrogen and oxygen atoms in total. The fraction of sp³-hybridized carbons (Fsp3) is 0.308. The van der Waals surface area contributed by atoms with Crippen molar-refractivity contribution in [3.8, 4) is 5.75 Å². The van der Waals surface area contributed by atoms with E-state index in [0.29, 0.717) is 21.4 Å². The van der Waals surface area contributed by atoms with Gasteiger partial charge < -0.3 is 20.3 Å². The maximum atomic E-state index is 13.2. The number of piperazine rings is 1. The first-order valence-corrected chi connectivity index (χ1v) is 13.5. The molecule has 2 N–H and O–H groups in total. The van der Waals surface area contributed by atoms with Crippen LogP contribution in [0.4, 0.5) is 17.1 Å². The second kappa shape index (κ2) is 10.3. The smallest absolute Gasteiger partial charge is 0.177 e. The molecule has 0 aliphatic carbocycles. The number of nitrogens with zero attached hydrogens (tertiary/aromatic N) is 1. The van der Waals surface area contributed by atoms with E-state index < -0.39 is 9.84 Å². The molecule has 34 heavy (non-hydrogen) atoms. The Labute approximate surface area is 206 Å². The molecule has 180 valence electrons. The maximum absolute atomic E-state index is 13.2. The van der Waals surface area contributed by atoms with Gasteiger partial charge in [0.15, 0.2) is 9.84 Å². The van der Waals surface area contributed by atoms with Crippen LogP contribution in [0.25, 0.3) is 0 Å².